The smallest absolute Gasteiger partial charge is 0.726 e. The zero-order valence-electron chi connectivity index (χ0n) is 27.1. The van der Waals surface area contributed by atoms with Crippen LogP contribution >= 0.6 is 0 Å². The molecule has 1 saturated heterocycles. The molecule has 16 atom stereocenters. The quantitative estimate of drug-likeness (QED) is 0.140. The Hall–Kier alpha value is 0.580. The molecule has 44 heavy (non-hydrogen) atoms. The molecule has 0 amide bonds. The summed E-state index contributed by atoms with van der Waals surface area (Å²) in [6.07, 6.45) is -4.60. The molecule has 0 bridgehead atoms. The van der Waals surface area contributed by atoms with Gasteiger partial charge in [-0.3, -0.25) is 8.37 Å². The van der Waals surface area contributed by atoms with Crippen molar-refractivity contribution in [3.8, 4) is 0 Å². The van der Waals surface area contributed by atoms with Gasteiger partial charge in [0.15, 0.2) is 0 Å². The third-order valence-corrected chi connectivity index (χ3v) is 14.2. The van der Waals surface area contributed by atoms with Gasteiger partial charge in [-0.1, -0.05) is 41.5 Å². The Balaban J connectivity index is 0.00000442. The Morgan fingerprint density at radius 1 is 0.909 bits per heavy atom. The Bertz CT molecular complexity index is 1270. The summed E-state index contributed by atoms with van der Waals surface area (Å²) < 4.78 is 79.8. The van der Waals surface area contributed by atoms with Crippen molar-refractivity contribution >= 4 is 20.7 Å². The number of aliphatic hydroxyl groups excluding tert-OH is 3. The summed E-state index contributed by atoms with van der Waals surface area (Å²) >= 11 is 0. The van der Waals surface area contributed by atoms with Crippen LogP contribution in [0, 0.1) is 58.2 Å². The first-order chi connectivity index (χ1) is 19.8. The van der Waals surface area contributed by atoms with Gasteiger partial charge in [-0.05, 0) is 78.4 Å². The zero-order chi connectivity index (χ0) is 32.0. The van der Waals surface area contributed by atoms with Crippen molar-refractivity contribution in [2.24, 2.45) is 58.2 Å². The summed E-state index contributed by atoms with van der Waals surface area (Å²) in [5, 5.41) is 34.7. The summed E-state index contributed by atoms with van der Waals surface area (Å²) in [5.74, 6) is -1.55. The van der Waals surface area contributed by atoms with Crippen molar-refractivity contribution in [3.05, 3.63) is 0 Å². The van der Waals surface area contributed by atoms with Crippen molar-refractivity contribution < 1.29 is 79.4 Å². The number of fused-ring (bicyclic) bond motifs is 7. The van der Waals surface area contributed by atoms with E-state index >= 15 is 0 Å². The maximum Gasteiger partial charge on any atom is 1.00 e. The summed E-state index contributed by atoms with van der Waals surface area (Å²) in [7, 11) is -7.97. The van der Waals surface area contributed by atoms with Crippen molar-refractivity contribution in [2.45, 2.75) is 116 Å². The molecule has 0 unspecified atom stereocenters. The van der Waals surface area contributed by atoms with E-state index in [2.05, 4.69) is 43.5 Å². The number of ether oxygens (including phenoxy) is 1. The summed E-state index contributed by atoms with van der Waals surface area (Å²) in [4.78, 5) is 0. The number of nitrogens with one attached hydrogen (secondary N) is 1. The van der Waals surface area contributed by atoms with Gasteiger partial charge in [-0.15, -0.1) is 0 Å². The van der Waals surface area contributed by atoms with Crippen LogP contribution in [0.4, 0.5) is 0 Å². The van der Waals surface area contributed by atoms with E-state index in [1.807, 2.05) is 6.92 Å². The maximum atomic E-state index is 13.0. The maximum absolute atomic E-state index is 13.0. The average Bonchev–Trinajstić information content (AvgIpc) is 3.15. The Kier molecular flexibility index (Phi) is 10.9. The normalized spacial score (nSPS) is 49.7. The summed E-state index contributed by atoms with van der Waals surface area (Å²) in [6.45, 7) is 12.7. The van der Waals surface area contributed by atoms with Crippen molar-refractivity contribution in [1.82, 2.24) is 4.72 Å². The van der Waals surface area contributed by atoms with Gasteiger partial charge < -0.3 is 24.6 Å². The van der Waals surface area contributed by atoms with Gasteiger partial charge in [0.25, 0.3) is 0 Å². The van der Waals surface area contributed by atoms with Gasteiger partial charge in [0.1, 0.15) is 12.2 Å². The molecule has 5 rings (SSSR count). The minimum absolute atomic E-state index is 0. The van der Waals surface area contributed by atoms with Gasteiger partial charge in [-0.25, -0.2) is 8.42 Å². The second kappa shape index (κ2) is 12.8. The predicted molar refractivity (Wildman–Crippen MR) is 154 cm³/mol. The van der Waals surface area contributed by atoms with Crippen molar-refractivity contribution in [1.29, 1.82) is 0 Å². The van der Waals surface area contributed by atoms with E-state index in [0.29, 0.717) is 25.2 Å². The van der Waals surface area contributed by atoms with Crippen LogP contribution in [0.15, 0.2) is 0 Å². The predicted octanol–water partition coefficient (Wildman–Crippen LogP) is -1.44. The summed E-state index contributed by atoms with van der Waals surface area (Å²) in [6, 6.07) is 0. The van der Waals surface area contributed by atoms with E-state index in [1.165, 1.54) is 7.05 Å². The fourth-order valence-corrected chi connectivity index (χ4v) is 11.7. The van der Waals surface area contributed by atoms with Crippen molar-refractivity contribution in [2.75, 3.05) is 7.05 Å². The van der Waals surface area contributed by atoms with Gasteiger partial charge in [0.05, 0.1) is 30.5 Å². The molecule has 0 aromatic rings. The Morgan fingerprint density at radius 3 is 2.09 bits per heavy atom. The van der Waals surface area contributed by atoms with Crippen LogP contribution in [-0.2, 0) is 33.8 Å². The molecule has 1 heterocycles. The zero-order valence-corrected chi connectivity index (χ0v) is 30.8. The third kappa shape index (κ3) is 6.13. The van der Waals surface area contributed by atoms with Crippen LogP contribution in [-0.4, -0.2) is 86.5 Å². The second-order valence-corrected chi connectivity index (χ2v) is 17.6. The molecule has 0 aromatic carbocycles. The first-order valence-electron chi connectivity index (χ1n) is 15.7. The second-order valence-electron chi connectivity index (χ2n) is 15.0. The summed E-state index contributed by atoms with van der Waals surface area (Å²) in [5.41, 5.74) is -1.22. The van der Waals surface area contributed by atoms with E-state index in [-0.39, 0.29) is 65.8 Å². The third-order valence-electron chi connectivity index (χ3n) is 12.8. The first-order valence-corrected chi connectivity index (χ1v) is 18.5. The number of aliphatic hydroxyl groups is 3. The topological polar surface area (TPSA) is 192 Å². The molecule has 0 radical (unpaired) electrons. The van der Waals surface area contributed by atoms with E-state index in [9.17, 15) is 36.7 Å². The fourth-order valence-electron chi connectivity index (χ4n) is 10.6. The monoisotopic (exact) mass is 675 g/mol. The van der Waals surface area contributed by atoms with E-state index in [0.717, 1.165) is 6.42 Å². The van der Waals surface area contributed by atoms with Crippen LogP contribution in [0.1, 0.15) is 73.6 Å². The minimum Gasteiger partial charge on any atom is -0.726 e. The molecule has 0 spiro atoms. The largest absolute Gasteiger partial charge is 1.00 e. The van der Waals surface area contributed by atoms with E-state index in [1.54, 1.807) is 0 Å². The molecule has 5 aliphatic rings. The van der Waals surface area contributed by atoms with Crippen LogP contribution in [0.2, 0.25) is 0 Å². The SMILES string of the molecule is CNS(=O)(=O)O[C@@H]1[C@H]2O[C@@H]([C@@H](C)C(C)C)C[C@@H](C)[C@@H]2[C@@]2(C)CC[C@H]3[C@@H]([C@@H](O)[C@@H](O)[C@H]4[C@@H](O)[C@H](OS(=O)(=O)[O-])CC[C@@]43C)[C@H]12.[Na+]. The van der Waals surface area contributed by atoms with Crippen LogP contribution in [0.5, 0.6) is 0 Å². The molecule has 15 heteroatoms. The van der Waals surface area contributed by atoms with Gasteiger partial charge in [0.2, 0.25) is 10.4 Å². The first kappa shape index (κ1) is 37.4. The molecule has 4 N–H and O–H groups in total. The van der Waals surface area contributed by atoms with Gasteiger partial charge in [0, 0.05) is 18.9 Å². The number of hydrogen-bond donors (Lipinski definition) is 4. The molecule has 12 nitrogen and oxygen atoms in total. The fraction of sp³-hybridized carbons (Fsp3) is 1.00. The van der Waals surface area contributed by atoms with Crippen LogP contribution < -0.4 is 34.3 Å². The molecule has 4 saturated carbocycles. The van der Waals surface area contributed by atoms with E-state index < -0.39 is 85.9 Å². The Morgan fingerprint density at radius 2 is 1.52 bits per heavy atom. The van der Waals surface area contributed by atoms with Crippen molar-refractivity contribution in [3.63, 3.8) is 0 Å². The standard InChI is InChI=1S/C29H51NO11S2.Na/c1-13(2)15(4)18-12-14(3)20-26(39-18)27(41-42(34,35)30-7)21-19-16(8-10-29(20,21)6)28(5)11-9-17(40-43(36,37)38)23(31)22(28)25(33)24(19)32;/h13-27,30-33H,8-12H2,1-7H3,(H,36,37,38);/q;+1/p-1/t14-,15+,16+,17-,18-,19-,20+,21-,22-,23+,24-,25+,26+,27+,28-,29-;/m1./s1. The van der Waals surface area contributed by atoms with Gasteiger partial charge in [-0.2, -0.15) is 13.1 Å². The minimum atomic E-state index is -5.10. The number of rotatable bonds is 7. The van der Waals surface area contributed by atoms with Crippen LogP contribution in [0.3, 0.4) is 0 Å². The van der Waals surface area contributed by atoms with E-state index in [4.69, 9.17) is 8.92 Å². The average molecular weight is 676 g/mol. The molecular weight excluding hydrogens is 625 g/mol. The molecule has 4 aliphatic carbocycles. The molecular formula is C29H50NNaO11S2. The number of hydrogen-bond acceptors (Lipinski definition) is 11. The molecule has 0 aromatic heterocycles. The molecule has 5 fully saturated rings. The molecule has 250 valence electrons. The van der Waals surface area contributed by atoms with Gasteiger partial charge >= 0.3 is 39.9 Å². The Labute approximate surface area is 284 Å². The van der Waals surface area contributed by atoms with Crippen LogP contribution in [0.25, 0.3) is 0 Å². The molecule has 1 aliphatic heterocycles.